The Bertz CT molecular complexity index is 821. The number of aromatic amines is 2. The van der Waals surface area contributed by atoms with Crippen LogP contribution < -0.4 is 16.2 Å². The maximum atomic E-state index is 12.1. The van der Waals surface area contributed by atoms with Gasteiger partial charge in [0.15, 0.2) is 11.5 Å². The van der Waals surface area contributed by atoms with Crippen LogP contribution in [0.3, 0.4) is 0 Å². The molecule has 1 unspecified atom stereocenters. The van der Waals surface area contributed by atoms with E-state index >= 15 is 0 Å². The molecule has 112 valence electrons. The molecule has 22 heavy (non-hydrogen) atoms. The van der Waals surface area contributed by atoms with E-state index in [4.69, 9.17) is 0 Å². The van der Waals surface area contributed by atoms with Crippen molar-refractivity contribution < 1.29 is 9.59 Å². The van der Waals surface area contributed by atoms with E-state index in [0.717, 1.165) is 4.47 Å². The van der Waals surface area contributed by atoms with E-state index in [1.807, 2.05) is 0 Å². The summed E-state index contributed by atoms with van der Waals surface area (Å²) in [7, 11) is 0. The lowest BCUT2D eigenvalue weighted by Crippen LogP contribution is -2.44. The quantitative estimate of drug-likeness (QED) is 0.634. The fourth-order valence-electron chi connectivity index (χ4n) is 1.91. The lowest BCUT2D eigenvalue weighted by molar-refractivity contribution is -0.116. The summed E-state index contributed by atoms with van der Waals surface area (Å²) >= 11 is 3.28. The van der Waals surface area contributed by atoms with Gasteiger partial charge in [-0.05, 0) is 24.3 Å². The highest BCUT2D eigenvalue weighted by molar-refractivity contribution is 9.10. The molecular formula is C13H10BrN5O3. The Morgan fingerprint density at radius 2 is 1.91 bits per heavy atom. The fraction of sp³-hybridized carbons (Fsp3) is 0.0769. The summed E-state index contributed by atoms with van der Waals surface area (Å²) in [5.74, 6) is -0.754. The van der Waals surface area contributed by atoms with Crippen LogP contribution in [0, 0.1) is 0 Å². The van der Waals surface area contributed by atoms with E-state index in [-0.39, 0.29) is 11.5 Å². The monoisotopic (exact) mass is 363 g/mol. The van der Waals surface area contributed by atoms with E-state index < -0.39 is 23.4 Å². The molecule has 4 N–H and O–H groups in total. The van der Waals surface area contributed by atoms with Crippen molar-refractivity contribution >= 4 is 45.5 Å². The summed E-state index contributed by atoms with van der Waals surface area (Å²) in [6.07, 6.45) is 1.27. The van der Waals surface area contributed by atoms with E-state index in [1.165, 1.54) is 6.21 Å². The van der Waals surface area contributed by atoms with Crippen LogP contribution >= 0.6 is 15.9 Å². The first-order valence-electron chi connectivity index (χ1n) is 6.27. The van der Waals surface area contributed by atoms with Gasteiger partial charge in [-0.15, -0.1) is 0 Å². The topological polar surface area (TPSA) is 119 Å². The number of aromatic nitrogens is 2. The molecule has 0 saturated heterocycles. The number of hydrogen-bond donors (Lipinski definition) is 4. The first-order valence-corrected chi connectivity index (χ1v) is 7.06. The zero-order chi connectivity index (χ0) is 15.7. The third-order valence-electron chi connectivity index (χ3n) is 3.03. The van der Waals surface area contributed by atoms with Gasteiger partial charge in [0.25, 0.3) is 17.4 Å². The second-order valence-electron chi connectivity index (χ2n) is 4.53. The number of nitrogens with zero attached hydrogens (tertiary/aromatic N) is 1. The lowest BCUT2D eigenvalue weighted by atomic mass is 10.2. The number of carbonyl (C=O) groups excluding carboxylic acids is 2. The molecule has 1 aliphatic heterocycles. The van der Waals surface area contributed by atoms with Crippen molar-refractivity contribution in [3.63, 3.8) is 0 Å². The minimum absolute atomic E-state index is 0.0293. The number of nitrogens with one attached hydrogen (secondary N) is 4. The van der Waals surface area contributed by atoms with Gasteiger partial charge in [0.2, 0.25) is 0 Å². The molecule has 9 heteroatoms. The molecule has 1 aromatic carbocycles. The zero-order valence-corrected chi connectivity index (χ0v) is 12.6. The molecule has 1 aromatic heterocycles. The van der Waals surface area contributed by atoms with Crippen LogP contribution in [0.2, 0.25) is 0 Å². The van der Waals surface area contributed by atoms with E-state index in [0.29, 0.717) is 5.56 Å². The third-order valence-corrected chi connectivity index (χ3v) is 3.56. The van der Waals surface area contributed by atoms with Crippen molar-refractivity contribution in [2.45, 2.75) is 6.04 Å². The molecule has 1 aliphatic rings. The van der Waals surface area contributed by atoms with Crippen molar-refractivity contribution in [3.05, 3.63) is 44.7 Å². The van der Waals surface area contributed by atoms with Crippen molar-refractivity contribution in [1.29, 1.82) is 0 Å². The van der Waals surface area contributed by atoms with Crippen LogP contribution in [-0.4, -0.2) is 34.3 Å². The molecule has 2 aromatic rings. The second kappa shape index (κ2) is 5.60. The standard InChI is InChI=1S/C13H10BrN5O3/c14-7-3-1-6(2-4-7)11(20)16-8-5-15-10-9(17-12(8)21)13(22)19-18-10/h1-5,8H,(H,16,20)(H,17,21)(H2,18,19,22). The summed E-state index contributed by atoms with van der Waals surface area (Å²) in [5.41, 5.74) is -0.0490. The molecular weight excluding hydrogens is 354 g/mol. The molecule has 8 nitrogen and oxygen atoms in total. The number of hydrogen-bond acceptors (Lipinski definition) is 4. The predicted octanol–water partition coefficient (Wildman–Crippen LogP) is 0.918. The molecule has 0 bridgehead atoms. The average molecular weight is 364 g/mol. The van der Waals surface area contributed by atoms with Gasteiger partial charge in [-0.2, -0.15) is 0 Å². The first kappa shape index (κ1) is 14.3. The highest BCUT2D eigenvalue weighted by Gasteiger charge is 2.25. The van der Waals surface area contributed by atoms with Crippen molar-refractivity contribution in [3.8, 4) is 0 Å². The van der Waals surface area contributed by atoms with Crippen LogP contribution in [0.25, 0.3) is 0 Å². The number of anilines is 1. The lowest BCUT2D eigenvalue weighted by Gasteiger charge is -2.12. The molecule has 2 heterocycles. The molecule has 0 radical (unpaired) electrons. The van der Waals surface area contributed by atoms with Crippen LogP contribution in [0.15, 0.2) is 38.5 Å². The minimum Gasteiger partial charge on any atom is -0.336 e. The maximum Gasteiger partial charge on any atom is 0.290 e. The zero-order valence-electron chi connectivity index (χ0n) is 11.0. The van der Waals surface area contributed by atoms with Gasteiger partial charge in [0, 0.05) is 16.3 Å². The van der Waals surface area contributed by atoms with Crippen LogP contribution in [0.4, 0.5) is 11.5 Å². The molecule has 1 atom stereocenters. The Kier molecular flexibility index (Phi) is 3.63. The van der Waals surface area contributed by atoms with Crippen LogP contribution in [0.1, 0.15) is 10.4 Å². The Labute approximate surface area is 132 Å². The second-order valence-corrected chi connectivity index (χ2v) is 5.44. The predicted molar refractivity (Wildman–Crippen MR) is 83.6 cm³/mol. The SMILES string of the molecule is O=C(NC1C=Nc2[nH][nH]c(=O)c2NC1=O)c1ccc(Br)cc1. The van der Waals surface area contributed by atoms with Gasteiger partial charge in [-0.25, -0.2) is 4.99 Å². The molecule has 0 fully saturated rings. The molecule has 0 saturated carbocycles. The molecule has 2 amide bonds. The van der Waals surface area contributed by atoms with Gasteiger partial charge in [0.05, 0.1) is 0 Å². The van der Waals surface area contributed by atoms with Crippen LogP contribution in [0.5, 0.6) is 0 Å². The Morgan fingerprint density at radius 1 is 1.18 bits per heavy atom. The number of H-pyrrole nitrogens is 2. The Balaban J connectivity index is 1.79. The number of amides is 2. The smallest absolute Gasteiger partial charge is 0.290 e. The van der Waals surface area contributed by atoms with Crippen LogP contribution in [-0.2, 0) is 4.79 Å². The van der Waals surface area contributed by atoms with Gasteiger partial charge in [-0.3, -0.25) is 24.6 Å². The van der Waals surface area contributed by atoms with Gasteiger partial charge in [-0.1, -0.05) is 15.9 Å². The normalized spacial score (nSPS) is 16.6. The van der Waals surface area contributed by atoms with Gasteiger partial charge in [0.1, 0.15) is 6.04 Å². The highest BCUT2D eigenvalue weighted by Crippen LogP contribution is 2.18. The maximum absolute atomic E-state index is 12.1. The van der Waals surface area contributed by atoms with Gasteiger partial charge < -0.3 is 10.6 Å². The van der Waals surface area contributed by atoms with E-state index in [2.05, 4.69) is 41.8 Å². The Hall–Kier alpha value is -2.68. The van der Waals surface area contributed by atoms with Crippen molar-refractivity contribution in [1.82, 2.24) is 15.5 Å². The van der Waals surface area contributed by atoms with Crippen molar-refractivity contribution in [2.75, 3.05) is 5.32 Å². The minimum atomic E-state index is -0.976. The number of rotatable bonds is 2. The molecule has 0 spiro atoms. The van der Waals surface area contributed by atoms with E-state index in [9.17, 15) is 14.4 Å². The van der Waals surface area contributed by atoms with Gasteiger partial charge >= 0.3 is 0 Å². The number of fused-ring (bicyclic) bond motifs is 1. The highest BCUT2D eigenvalue weighted by atomic mass is 79.9. The average Bonchev–Trinajstić information content (AvgIpc) is 2.75. The van der Waals surface area contributed by atoms with E-state index in [1.54, 1.807) is 24.3 Å². The number of halogens is 1. The molecule has 3 rings (SSSR count). The first-order chi connectivity index (χ1) is 10.5. The summed E-state index contributed by atoms with van der Waals surface area (Å²) in [6, 6.07) is 5.72. The summed E-state index contributed by atoms with van der Waals surface area (Å²) < 4.78 is 0.843. The Morgan fingerprint density at radius 3 is 2.64 bits per heavy atom. The number of carbonyl (C=O) groups is 2. The summed E-state index contributed by atoms with van der Waals surface area (Å²) in [5, 5.41) is 9.82. The number of aliphatic imine (C=N–C) groups is 1. The third kappa shape index (κ3) is 2.70. The largest absolute Gasteiger partial charge is 0.336 e. The molecule has 0 aliphatic carbocycles. The number of benzene rings is 1. The summed E-state index contributed by atoms with van der Waals surface area (Å²) in [4.78, 5) is 39.6. The summed E-state index contributed by atoms with van der Waals surface area (Å²) in [6.45, 7) is 0. The fourth-order valence-corrected chi connectivity index (χ4v) is 2.17. The van der Waals surface area contributed by atoms with Crippen molar-refractivity contribution in [2.24, 2.45) is 4.99 Å².